The number of fused-ring (bicyclic) bond motifs is 1. The van der Waals surface area contributed by atoms with E-state index in [0.717, 1.165) is 19.4 Å². The lowest BCUT2D eigenvalue weighted by molar-refractivity contribution is -0.127. The SMILES string of the molecule is O=C1CC(=O)N2CCC[C@@H]12. The Labute approximate surface area is 59.0 Å². The molecule has 1 amide bonds. The van der Waals surface area contributed by atoms with Crippen molar-refractivity contribution in [1.29, 1.82) is 0 Å². The molecule has 0 aromatic heterocycles. The summed E-state index contributed by atoms with van der Waals surface area (Å²) in [5.41, 5.74) is 0. The van der Waals surface area contributed by atoms with Crippen LogP contribution in [0.1, 0.15) is 19.3 Å². The van der Waals surface area contributed by atoms with Crippen LogP contribution in [0.3, 0.4) is 0 Å². The standard InChI is InChI=1S/C7H9NO2/c9-6-4-7(10)8-3-1-2-5(6)8/h5H,1-4H2/t5-/m0/s1. The van der Waals surface area contributed by atoms with E-state index < -0.39 is 0 Å². The fourth-order valence-electron chi connectivity index (χ4n) is 1.77. The summed E-state index contributed by atoms with van der Waals surface area (Å²) in [7, 11) is 0. The molecule has 54 valence electrons. The smallest absolute Gasteiger partial charge is 0.230 e. The first-order valence-corrected chi connectivity index (χ1v) is 3.61. The topological polar surface area (TPSA) is 37.4 Å². The second-order valence-corrected chi connectivity index (χ2v) is 2.89. The summed E-state index contributed by atoms with van der Waals surface area (Å²) < 4.78 is 0. The van der Waals surface area contributed by atoms with Crippen molar-refractivity contribution < 1.29 is 9.59 Å². The summed E-state index contributed by atoms with van der Waals surface area (Å²) in [4.78, 5) is 23.7. The predicted molar refractivity (Wildman–Crippen MR) is 34.4 cm³/mol. The monoisotopic (exact) mass is 139 g/mol. The molecular weight excluding hydrogens is 130 g/mol. The molecule has 3 heteroatoms. The highest BCUT2D eigenvalue weighted by atomic mass is 16.2. The van der Waals surface area contributed by atoms with E-state index in [1.54, 1.807) is 4.90 Å². The van der Waals surface area contributed by atoms with E-state index in [1.807, 2.05) is 0 Å². The van der Waals surface area contributed by atoms with E-state index in [-0.39, 0.29) is 24.2 Å². The number of rotatable bonds is 0. The summed E-state index contributed by atoms with van der Waals surface area (Å²) in [6.45, 7) is 0.801. The minimum absolute atomic E-state index is 0.0347. The van der Waals surface area contributed by atoms with Crippen LogP contribution in [0.25, 0.3) is 0 Å². The molecule has 3 nitrogen and oxygen atoms in total. The molecule has 0 aliphatic carbocycles. The first-order valence-electron chi connectivity index (χ1n) is 3.61. The van der Waals surface area contributed by atoms with Gasteiger partial charge in [0.15, 0.2) is 5.78 Å². The van der Waals surface area contributed by atoms with Gasteiger partial charge >= 0.3 is 0 Å². The summed E-state index contributed by atoms with van der Waals surface area (Å²) in [5, 5.41) is 0. The molecular formula is C7H9NO2. The molecule has 1 atom stereocenters. The van der Waals surface area contributed by atoms with Crippen LogP contribution in [0.4, 0.5) is 0 Å². The molecule has 2 saturated heterocycles. The van der Waals surface area contributed by atoms with Gasteiger partial charge in [0, 0.05) is 6.54 Å². The van der Waals surface area contributed by atoms with Gasteiger partial charge in [-0.3, -0.25) is 9.59 Å². The molecule has 0 unspecified atom stereocenters. The number of ketones is 1. The molecule has 2 heterocycles. The summed E-state index contributed by atoms with van der Waals surface area (Å²) in [6, 6.07) is -0.0347. The van der Waals surface area contributed by atoms with E-state index in [9.17, 15) is 9.59 Å². The van der Waals surface area contributed by atoms with Crippen LogP contribution in [0, 0.1) is 0 Å². The van der Waals surface area contributed by atoms with Crippen molar-refractivity contribution in [3.05, 3.63) is 0 Å². The molecule has 2 rings (SSSR count). The highest BCUT2D eigenvalue weighted by Gasteiger charge is 2.40. The number of amides is 1. The first kappa shape index (κ1) is 5.89. The minimum Gasteiger partial charge on any atom is -0.332 e. The molecule has 0 saturated carbocycles. The fraction of sp³-hybridized carbons (Fsp3) is 0.714. The maximum atomic E-state index is 11.0. The van der Waals surface area contributed by atoms with Gasteiger partial charge in [0.1, 0.15) is 0 Å². The van der Waals surface area contributed by atoms with Gasteiger partial charge in [0.25, 0.3) is 0 Å². The lowest BCUT2D eigenvalue weighted by atomic mass is 10.1. The third-order valence-corrected chi connectivity index (χ3v) is 2.27. The molecule has 0 N–H and O–H groups in total. The lowest BCUT2D eigenvalue weighted by Gasteiger charge is -2.11. The Hall–Kier alpha value is -0.860. The van der Waals surface area contributed by atoms with Crippen LogP contribution in [0.2, 0.25) is 0 Å². The molecule has 0 spiro atoms. The van der Waals surface area contributed by atoms with Crippen LogP contribution in [-0.2, 0) is 9.59 Å². The second-order valence-electron chi connectivity index (χ2n) is 2.89. The van der Waals surface area contributed by atoms with Crippen LogP contribution >= 0.6 is 0 Å². The lowest BCUT2D eigenvalue weighted by Crippen LogP contribution is -2.28. The zero-order valence-corrected chi connectivity index (χ0v) is 5.67. The van der Waals surface area contributed by atoms with E-state index in [0.29, 0.717) is 0 Å². The second kappa shape index (κ2) is 1.81. The number of carbonyl (C=O) groups is 2. The van der Waals surface area contributed by atoms with E-state index in [1.165, 1.54) is 0 Å². The number of hydrogen-bond donors (Lipinski definition) is 0. The van der Waals surface area contributed by atoms with Crippen molar-refractivity contribution in [2.24, 2.45) is 0 Å². The third kappa shape index (κ3) is 0.602. The van der Waals surface area contributed by atoms with Gasteiger partial charge in [-0.25, -0.2) is 0 Å². The molecule has 0 aromatic rings. The Morgan fingerprint density at radius 3 is 2.90 bits per heavy atom. The average Bonchev–Trinajstić information content (AvgIpc) is 2.39. The van der Waals surface area contributed by atoms with Crippen molar-refractivity contribution >= 4 is 11.7 Å². The summed E-state index contributed by atoms with van der Waals surface area (Å²) in [6.07, 6.45) is 2.05. The van der Waals surface area contributed by atoms with Gasteiger partial charge in [-0.1, -0.05) is 0 Å². The van der Waals surface area contributed by atoms with E-state index in [4.69, 9.17) is 0 Å². The largest absolute Gasteiger partial charge is 0.332 e. The van der Waals surface area contributed by atoms with Crippen molar-refractivity contribution in [2.45, 2.75) is 25.3 Å². The number of hydrogen-bond acceptors (Lipinski definition) is 2. The maximum Gasteiger partial charge on any atom is 0.230 e. The van der Waals surface area contributed by atoms with Crippen molar-refractivity contribution in [1.82, 2.24) is 4.90 Å². The Bertz CT molecular complexity index is 180. The molecule has 0 bridgehead atoms. The normalized spacial score (nSPS) is 31.6. The highest BCUT2D eigenvalue weighted by molar-refractivity contribution is 6.07. The molecule has 2 aliphatic heterocycles. The Kier molecular flexibility index (Phi) is 1.07. The maximum absolute atomic E-state index is 11.0. The molecule has 2 fully saturated rings. The quantitative estimate of drug-likeness (QED) is 0.441. The fourth-order valence-corrected chi connectivity index (χ4v) is 1.77. The molecule has 0 aromatic carbocycles. The van der Waals surface area contributed by atoms with E-state index in [2.05, 4.69) is 0 Å². The number of Topliss-reactive ketones (excluding diaryl/α,β-unsaturated/α-hetero) is 1. The summed E-state index contributed by atoms with van der Waals surface area (Å²) in [5.74, 6) is 0.162. The highest BCUT2D eigenvalue weighted by Crippen LogP contribution is 2.25. The van der Waals surface area contributed by atoms with Gasteiger partial charge in [0.05, 0.1) is 12.5 Å². The number of carbonyl (C=O) groups excluding carboxylic acids is 2. The van der Waals surface area contributed by atoms with Gasteiger partial charge < -0.3 is 4.90 Å². The van der Waals surface area contributed by atoms with Crippen LogP contribution < -0.4 is 0 Å². The van der Waals surface area contributed by atoms with E-state index >= 15 is 0 Å². The van der Waals surface area contributed by atoms with Crippen LogP contribution in [0.15, 0.2) is 0 Å². The van der Waals surface area contributed by atoms with Gasteiger partial charge in [-0.05, 0) is 12.8 Å². The zero-order valence-electron chi connectivity index (χ0n) is 5.67. The average molecular weight is 139 g/mol. The predicted octanol–water partition coefficient (Wildman–Crippen LogP) is -0.0498. The Balaban J connectivity index is 2.27. The minimum atomic E-state index is -0.0347. The third-order valence-electron chi connectivity index (χ3n) is 2.27. The Morgan fingerprint density at radius 1 is 1.40 bits per heavy atom. The molecule has 0 radical (unpaired) electrons. The first-order chi connectivity index (χ1) is 4.79. The van der Waals surface area contributed by atoms with Gasteiger partial charge in [-0.15, -0.1) is 0 Å². The molecule has 10 heavy (non-hydrogen) atoms. The van der Waals surface area contributed by atoms with Crippen molar-refractivity contribution in [2.75, 3.05) is 6.54 Å². The number of nitrogens with zero attached hydrogens (tertiary/aromatic N) is 1. The zero-order chi connectivity index (χ0) is 7.14. The van der Waals surface area contributed by atoms with Gasteiger partial charge in [-0.2, -0.15) is 0 Å². The van der Waals surface area contributed by atoms with Crippen LogP contribution in [0.5, 0.6) is 0 Å². The molecule has 2 aliphatic rings. The Morgan fingerprint density at radius 2 is 2.20 bits per heavy atom. The van der Waals surface area contributed by atoms with Crippen molar-refractivity contribution in [3.8, 4) is 0 Å². The van der Waals surface area contributed by atoms with Gasteiger partial charge in [0.2, 0.25) is 5.91 Å². The summed E-state index contributed by atoms with van der Waals surface area (Å²) >= 11 is 0. The van der Waals surface area contributed by atoms with Crippen LogP contribution in [-0.4, -0.2) is 29.2 Å². The van der Waals surface area contributed by atoms with Crippen molar-refractivity contribution in [3.63, 3.8) is 0 Å².